The second-order valence-corrected chi connectivity index (χ2v) is 8.30. The van der Waals surface area contributed by atoms with Crippen LogP contribution in [-0.2, 0) is 16.6 Å². The smallest absolute Gasteiger partial charge is 0.283 e. The van der Waals surface area contributed by atoms with Gasteiger partial charge in [-0.05, 0) is 31.2 Å². The third-order valence-electron chi connectivity index (χ3n) is 4.59. The molecule has 28 heavy (non-hydrogen) atoms. The minimum atomic E-state index is -3.44. The zero-order valence-electron chi connectivity index (χ0n) is 16.2. The van der Waals surface area contributed by atoms with Crippen LogP contribution in [0.25, 0.3) is 11.7 Å². The summed E-state index contributed by atoms with van der Waals surface area (Å²) >= 11 is 0. The average molecular weight is 406 g/mol. The Bertz CT molecular complexity index is 977. The van der Waals surface area contributed by atoms with Crippen molar-refractivity contribution < 1.29 is 22.6 Å². The van der Waals surface area contributed by atoms with E-state index in [0.29, 0.717) is 42.1 Å². The molecule has 0 aliphatic heterocycles. The number of aromatic nitrogens is 2. The number of nitrogens with two attached hydrogens (primary N) is 1. The van der Waals surface area contributed by atoms with Crippen molar-refractivity contribution in [3.05, 3.63) is 54.1 Å². The van der Waals surface area contributed by atoms with E-state index in [-0.39, 0.29) is 6.04 Å². The van der Waals surface area contributed by atoms with Gasteiger partial charge in [0.1, 0.15) is 6.04 Å². The summed E-state index contributed by atoms with van der Waals surface area (Å²) < 4.78 is 37.4. The molecule has 1 atom stereocenters. The van der Waals surface area contributed by atoms with E-state index in [2.05, 4.69) is 10.2 Å². The Labute approximate surface area is 164 Å². The quantitative estimate of drug-likeness (QED) is 0.585. The minimum Gasteiger partial charge on any atom is -0.459 e. The zero-order chi connectivity index (χ0) is 20.1. The maximum atomic E-state index is 12.6. The third kappa shape index (κ3) is 4.32. The van der Waals surface area contributed by atoms with E-state index in [0.717, 1.165) is 5.56 Å². The lowest BCUT2D eigenvalue weighted by atomic mass is 10.1. The van der Waals surface area contributed by atoms with Crippen LogP contribution < -0.4 is 5.32 Å². The molecular formula is C19H25N4O4S+. The molecule has 2 heterocycles. The lowest BCUT2D eigenvalue weighted by Crippen LogP contribution is -2.83. The van der Waals surface area contributed by atoms with Crippen LogP contribution in [0.15, 0.2) is 56.4 Å². The molecular weight excluding hydrogens is 380 g/mol. The number of sulfonamides is 1. The van der Waals surface area contributed by atoms with Gasteiger partial charge < -0.3 is 14.2 Å². The van der Waals surface area contributed by atoms with E-state index in [9.17, 15) is 8.42 Å². The van der Waals surface area contributed by atoms with Crippen molar-refractivity contribution in [3.8, 4) is 11.7 Å². The van der Waals surface area contributed by atoms with Gasteiger partial charge in [0, 0.05) is 18.7 Å². The first-order chi connectivity index (χ1) is 13.5. The van der Waals surface area contributed by atoms with Gasteiger partial charge in [-0.15, -0.1) is 10.2 Å². The Morgan fingerprint density at radius 1 is 1.11 bits per heavy atom. The molecule has 8 nitrogen and oxygen atoms in total. The number of hydrogen-bond acceptors (Lipinski definition) is 6. The monoisotopic (exact) mass is 405 g/mol. The second-order valence-electron chi connectivity index (χ2n) is 6.37. The van der Waals surface area contributed by atoms with Crippen LogP contribution in [0.4, 0.5) is 0 Å². The van der Waals surface area contributed by atoms with Gasteiger partial charge in [-0.25, -0.2) is 8.42 Å². The fourth-order valence-corrected chi connectivity index (χ4v) is 4.36. The Kier molecular flexibility index (Phi) is 6.28. The van der Waals surface area contributed by atoms with Gasteiger partial charge in [-0.1, -0.05) is 26.0 Å². The largest absolute Gasteiger partial charge is 0.459 e. The summed E-state index contributed by atoms with van der Waals surface area (Å²) in [6, 6.07) is 10.6. The molecule has 0 amide bonds. The molecule has 9 heteroatoms. The van der Waals surface area contributed by atoms with Crippen molar-refractivity contribution in [1.29, 1.82) is 0 Å². The van der Waals surface area contributed by atoms with Crippen molar-refractivity contribution in [2.45, 2.75) is 38.3 Å². The molecule has 0 bridgehead atoms. The van der Waals surface area contributed by atoms with E-state index in [1.807, 2.05) is 38.2 Å². The van der Waals surface area contributed by atoms with Crippen LogP contribution in [-0.4, -0.2) is 36.0 Å². The van der Waals surface area contributed by atoms with Gasteiger partial charge in [-0.2, -0.15) is 4.31 Å². The zero-order valence-corrected chi connectivity index (χ0v) is 17.0. The van der Waals surface area contributed by atoms with Crippen molar-refractivity contribution in [2.24, 2.45) is 0 Å². The molecule has 0 fully saturated rings. The van der Waals surface area contributed by atoms with Gasteiger partial charge in [-0.3, -0.25) is 0 Å². The van der Waals surface area contributed by atoms with E-state index >= 15 is 0 Å². The van der Waals surface area contributed by atoms with Crippen molar-refractivity contribution >= 4 is 10.0 Å². The maximum absolute atomic E-state index is 12.6. The predicted molar refractivity (Wildman–Crippen MR) is 103 cm³/mol. The summed E-state index contributed by atoms with van der Waals surface area (Å²) in [5.41, 5.74) is 1.02. The number of nitrogens with zero attached hydrogens (tertiary/aromatic N) is 3. The first-order valence-electron chi connectivity index (χ1n) is 9.25. The lowest BCUT2D eigenvalue weighted by Gasteiger charge is -2.18. The van der Waals surface area contributed by atoms with Crippen LogP contribution in [0.2, 0.25) is 0 Å². The number of rotatable bonds is 9. The molecule has 0 saturated carbocycles. The first-order valence-corrected chi connectivity index (χ1v) is 10.7. The van der Waals surface area contributed by atoms with Crippen molar-refractivity contribution in [3.63, 3.8) is 0 Å². The lowest BCUT2D eigenvalue weighted by molar-refractivity contribution is -0.709. The maximum Gasteiger partial charge on any atom is 0.283 e. The van der Waals surface area contributed by atoms with Gasteiger partial charge >= 0.3 is 0 Å². The molecule has 3 aromatic rings. The summed E-state index contributed by atoms with van der Waals surface area (Å²) in [5, 5.41) is 10.1. The van der Waals surface area contributed by atoms with Crippen LogP contribution in [0.1, 0.15) is 38.3 Å². The Balaban J connectivity index is 1.63. The number of furan rings is 1. The van der Waals surface area contributed by atoms with Crippen LogP contribution in [0, 0.1) is 0 Å². The predicted octanol–water partition coefficient (Wildman–Crippen LogP) is 2.18. The molecule has 150 valence electrons. The fraction of sp³-hybridized carbons (Fsp3) is 0.368. The highest BCUT2D eigenvalue weighted by atomic mass is 32.2. The van der Waals surface area contributed by atoms with Crippen molar-refractivity contribution in [2.75, 3.05) is 13.1 Å². The number of benzene rings is 1. The van der Waals surface area contributed by atoms with Gasteiger partial charge in [0.25, 0.3) is 11.8 Å². The van der Waals surface area contributed by atoms with E-state index in [1.165, 1.54) is 4.31 Å². The Hall–Kier alpha value is -2.49. The summed E-state index contributed by atoms with van der Waals surface area (Å²) in [7, 11) is -3.44. The summed E-state index contributed by atoms with van der Waals surface area (Å²) in [5.74, 6) is 1.39. The highest BCUT2D eigenvalue weighted by Crippen LogP contribution is 2.19. The average Bonchev–Trinajstić information content (AvgIpc) is 3.38. The number of quaternary nitrogens is 1. The molecule has 0 aliphatic carbocycles. The highest BCUT2D eigenvalue weighted by Gasteiger charge is 2.22. The molecule has 3 rings (SSSR count). The first kappa shape index (κ1) is 20.2. The molecule has 1 aromatic carbocycles. The van der Waals surface area contributed by atoms with Gasteiger partial charge in [0.15, 0.2) is 12.3 Å². The van der Waals surface area contributed by atoms with Crippen LogP contribution in [0.5, 0.6) is 0 Å². The molecule has 2 N–H and O–H groups in total. The summed E-state index contributed by atoms with van der Waals surface area (Å²) in [6.07, 6.45) is 1.55. The standard InChI is InChI=1S/C19H24N4O4S/c1-4-23(5-2)28(24,25)16-10-8-15(9-11-16)14(3)20-13-18-21-22-19(27-18)17-7-6-12-26-17/h6-12,14,20H,4-5,13H2,1-3H3/p+1/t14-/m1/s1. The minimum absolute atomic E-state index is 0.101. The van der Waals surface area contributed by atoms with Gasteiger partial charge in [0.2, 0.25) is 10.0 Å². The molecule has 0 unspecified atom stereocenters. The Morgan fingerprint density at radius 2 is 1.82 bits per heavy atom. The SMILES string of the molecule is CCN(CC)S(=O)(=O)c1ccc([C@@H](C)[NH2+]Cc2nnc(-c3ccco3)o2)cc1. The van der Waals surface area contributed by atoms with E-state index in [1.54, 1.807) is 30.5 Å². The van der Waals surface area contributed by atoms with Crippen LogP contribution in [0.3, 0.4) is 0 Å². The topological polar surface area (TPSA) is 106 Å². The van der Waals surface area contributed by atoms with Crippen LogP contribution >= 0.6 is 0 Å². The molecule has 2 aromatic heterocycles. The molecule has 0 radical (unpaired) electrons. The summed E-state index contributed by atoms with van der Waals surface area (Å²) in [4.78, 5) is 0.312. The fourth-order valence-electron chi connectivity index (χ4n) is 2.91. The second kappa shape index (κ2) is 8.68. The molecule has 0 spiro atoms. The van der Waals surface area contributed by atoms with E-state index < -0.39 is 10.0 Å². The Morgan fingerprint density at radius 3 is 2.43 bits per heavy atom. The van der Waals surface area contributed by atoms with Crippen molar-refractivity contribution in [1.82, 2.24) is 14.5 Å². The highest BCUT2D eigenvalue weighted by molar-refractivity contribution is 7.89. The third-order valence-corrected chi connectivity index (χ3v) is 6.66. The molecule has 0 aliphatic rings. The van der Waals surface area contributed by atoms with E-state index in [4.69, 9.17) is 8.83 Å². The van der Waals surface area contributed by atoms with Gasteiger partial charge in [0.05, 0.1) is 11.2 Å². The summed E-state index contributed by atoms with van der Waals surface area (Å²) in [6.45, 7) is 7.12. The number of hydrogen-bond donors (Lipinski definition) is 1. The normalized spacial score (nSPS) is 13.1. The molecule has 0 saturated heterocycles.